The number of nitrogens with one attached hydrogen (secondary N) is 2. The molecule has 1 aromatic heterocycles. The summed E-state index contributed by atoms with van der Waals surface area (Å²) in [7, 11) is 0. The fraction of sp³-hybridized carbons (Fsp3) is 0.556. The standard InChI is InChI=1S/C16H23N5O2.C2HF3O2/c22-11-16(7-4-8-16)15(12-5-2-1-3-6-12)17-10-13(23)9-14-18-20-21-19-14;3-2(4,5)1(6)7/h1-3,5-6,13,15,17,22-23H,4,7-11H2,(H,18,19,20,21);(H,6,7)/t13-,15?;/m1./s1. The first kappa shape index (κ1) is 23.7. The first-order valence-corrected chi connectivity index (χ1v) is 9.27. The fourth-order valence-electron chi connectivity index (χ4n) is 3.31. The lowest BCUT2D eigenvalue weighted by atomic mass is 9.63. The minimum Gasteiger partial charge on any atom is -0.475 e. The zero-order chi connectivity index (χ0) is 22.2. The number of aromatic amines is 1. The van der Waals surface area contributed by atoms with Crippen molar-refractivity contribution in [2.24, 2.45) is 5.41 Å². The number of rotatable bonds is 8. The van der Waals surface area contributed by atoms with E-state index in [0.717, 1.165) is 24.8 Å². The molecule has 166 valence electrons. The molecule has 3 rings (SSSR count). The number of hydrogen-bond acceptors (Lipinski definition) is 7. The molecule has 30 heavy (non-hydrogen) atoms. The second-order valence-electron chi connectivity index (χ2n) is 7.11. The summed E-state index contributed by atoms with van der Waals surface area (Å²) in [6.07, 6.45) is -2.21. The van der Waals surface area contributed by atoms with Gasteiger partial charge in [-0.1, -0.05) is 42.0 Å². The Morgan fingerprint density at radius 3 is 2.33 bits per heavy atom. The summed E-state index contributed by atoms with van der Waals surface area (Å²) in [4.78, 5) is 8.90. The normalized spacial score (nSPS) is 17.2. The Kier molecular flexibility index (Phi) is 8.26. The van der Waals surface area contributed by atoms with Crippen molar-refractivity contribution < 1.29 is 33.3 Å². The number of alkyl halides is 3. The SMILES string of the molecule is O=C(O)C(F)(F)F.OCC1(C(NC[C@H](O)Cc2nn[nH]n2)c2ccccc2)CCC1. The van der Waals surface area contributed by atoms with Crippen LogP contribution in [0.4, 0.5) is 13.2 Å². The van der Waals surface area contributed by atoms with Crippen molar-refractivity contribution in [2.75, 3.05) is 13.2 Å². The molecule has 0 radical (unpaired) electrons. The Morgan fingerprint density at radius 2 is 1.90 bits per heavy atom. The number of tetrazole rings is 1. The molecule has 1 aliphatic carbocycles. The van der Waals surface area contributed by atoms with Gasteiger partial charge in [-0.05, 0) is 18.4 Å². The number of carboxylic acids is 1. The number of aliphatic carboxylic acids is 1. The molecule has 1 aromatic carbocycles. The van der Waals surface area contributed by atoms with Gasteiger partial charge in [-0.25, -0.2) is 4.79 Å². The molecule has 1 heterocycles. The van der Waals surface area contributed by atoms with Gasteiger partial charge in [-0.15, -0.1) is 10.2 Å². The predicted octanol–water partition coefficient (Wildman–Crippen LogP) is 1.23. The molecule has 9 nitrogen and oxygen atoms in total. The maximum Gasteiger partial charge on any atom is 0.490 e. The maximum absolute atomic E-state index is 10.6. The molecule has 0 saturated heterocycles. The third-order valence-electron chi connectivity index (χ3n) is 5.02. The van der Waals surface area contributed by atoms with Crippen LogP contribution in [-0.2, 0) is 11.2 Å². The van der Waals surface area contributed by atoms with Crippen molar-refractivity contribution in [3.05, 3.63) is 41.7 Å². The fourth-order valence-corrected chi connectivity index (χ4v) is 3.31. The highest BCUT2D eigenvalue weighted by molar-refractivity contribution is 5.73. The zero-order valence-electron chi connectivity index (χ0n) is 16.0. The number of carboxylic acid groups (broad SMARTS) is 1. The summed E-state index contributed by atoms with van der Waals surface area (Å²) in [6, 6.07) is 10.2. The number of aromatic nitrogens is 4. The minimum absolute atomic E-state index is 0.0300. The van der Waals surface area contributed by atoms with E-state index in [1.165, 1.54) is 0 Å². The van der Waals surface area contributed by atoms with Crippen LogP contribution in [0.3, 0.4) is 0 Å². The molecule has 12 heteroatoms. The van der Waals surface area contributed by atoms with Gasteiger partial charge in [0.1, 0.15) is 0 Å². The van der Waals surface area contributed by atoms with E-state index in [1.54, 1.807) is 0 Å². The van der Waals surface area contributed by atoms with Crippen LogP contribution in [0.15, 0.2) is 30.3 Å². The lowest BCUT2D eigenvalue weighted by molar-refractivity contribution is -0.192. The smallest absolute Gasteiger partial charge is 0.475 e. The van der Waals surface area contributed by atoms with Crippen molar-refractivity contribution in [2.45, 2.75) is 44.0 Å². The molecule has 2 aromatic rings. The first-order chi connectivity index (χ1) is 14.2. The molecule has 2 atom stereocenters. The quantitative estimate of drug-likeness (QED) is 0.420. The van der Waals surface area contributed by atoms with E-state index in [9.17, 15) is 23.4 Å². The predicted molar refractivity (Wildman–Crippen MR) is 98.1 cm³/mol. The van der Waals surface area contributed by atoms with Crippen LogP contribution < -0.4 is 5.32 Å². The number of nitrogens with zero attached hydrogens (tertiary/aromatic N) is 3. The number of hydrogen-bond donors (Lipinski definition) is 5. The van der Waals surface area contributed by atoms with Crippen molar-refractivity contribution in [3.63, 3.8) is 0 Å². The minimum atomic E-state index is -5.08. The molecule has 1 saturated carbocycles. The van der Waals surface area contributed by atoms with Crippen LogP contribution in [0.25, 0.3) is 0 Å². The highest BCUT2D eigenvalue weighted by Crippen LogP contribution is 2.49. The van der Waals surface area contributed by atoms with E-state index in [2.05, 4.69) is 38.1 Å². The molecule has 0 bridgehead atoms. The topological polar surface area (TPSA) is 144 Å². The van der Waals surface area contributed by atoms with E-state index in [0.29, 0.717) is 18.8 Å². The lowest BCUT2D eigenvalue weighted by Gasteiger charge is -2.47. The van der Waals surface area contributed by atoms with E-state index in [-0.39, 0.29) is 18.1 Å². The van der Waals surface area contributed by atoms with Gasteiger partial charge in [0.05, 0.1) is 12.7 Å². The Labute approximate surface area is 170 Å². The van der Waals surface area contributed by atoms with Gasteiger partial charge in [0, 0.05) is 24.4 Å². The van der Waals surface area contributed by atoms with Crippen LogP contribution in [0.1, 0.15) is 36.7 Å². The molecule has 1 unspecified atom stereocenters. The van der Waals surface area contributed by atoms with Gasteiger partial charge in [0.25, 0.3) is 0 Å². The van der Waals surface area contributed by atoms with Crippen molar-refractivity contribution in [3.8, 4) is 0 Å². The van der Waals surface area contributed by atoms with Crippen molar-refractivity contribution >= 4 is 5.97 Å². The van der Waals surface area contributed by atoms with Crippen LogP contribution in [-0.4, -0.2) is 67.3 Å². The van der Waals surface area contributed by atoms with Gasteiger partial charge in [0.2, 0.25) is 0 Å². The summed E-state index contributed by atoms with van der Waals surface area (Å²) in [5.74, 6) is -2.26. The highest BCUT2D eigenvalue weighted by atomic mass is 19.4. The van der Waals surface area contributed by atoms with Gasteiger partial charge in [-0.2, -0.15) is 18.4 Å². The third kappa shape index (κ3) is 6.47. The Balaban J connectivity index is 0.000000396. The van der Waals surface area contributed by atoms with Crippen LogP contribution >= 0.6 is 0 Å². The molecule has 0 aliphatic heterocycles. The molecule has 1 aliphatic rings. The number of carbonyl (C=O) groups is 1. The molecular formula is C18H24F3N5O4. The maximum atomic E-state index is 10.6. The largest absolute Gasteiger partial charge is 0.490 e. The lowest BCUT2D eigenvalue weighted by Crippen LogP contribution is -2.47. The second kappa shape index (κ2) is 10.5. The number of H-pyrrole nitrogens is 1. The third-order valence-corrected chi connectivity index (χ3v) is 5.02. The summed E-state index contributed by atoms with van der Waals surface area (Å²) in [6.45, 7) is 0.566. The second-order valence-corrected chi connectivity index (χ2v) is 7.11. The highest BCUT2D eigenvalue weighted by Gasteiger charge is 2.44. The van der Waals surface area contributed by atoms with Gasteiger partial charge in [-0.3, -0.25) is 0 Å². The molecule has 0 spiro atoms. The monoisotopic (exact) mass is 431 g/mol. The molecule has 0 amide bonds. The summed E-state index contributed by atoms with van der Waals surface area (Å²) < 4.78 is 31.7. The van der Waals surface area contributed by atoms with Crippen LogP contribution in [0, 0.1) is 5.41 Å². The number of halogens is 3. The summed E-state index contributed by atoms with van der Waals surface area (Å²) in [5, 5.41) is 44.3. The summed E-state index contributed by atoms with van der Waals surface area (Å²) in [5.41, 5.74) is 1.01. The van der Waals surface area contributed by atoms with Crippen LogP contribution in [0.5, 0.6) is 0 Å². The summed E-state index contributed by atoms with van der Waals surface area (Å²) >= 11 is 0. The van der Waals surface area contributed by atoms with Gasteiger partial charge in [0.15, 0.2) is 5.82 Å². The first-order valence-electron chi connectivity index (χ1n) is 9.27. The number of benzene rings is 1. The average Bonchev–Trinajstić information content (AvgIpc) is 3.17. The Morgan fingerprint density at radius 1 is 1.27 bits per heavy atom. The van der Waals surface area contributed by atoms with E-state index in [4.69, 9.17) is 9.90 Å². The van der Waals surface area contributed by atoms with E-state index < -0.39 is 18.2 Å². The van der Waals surface area contributed by atoms with E-state index >= 15 is 0 Å². The number of aliphatic hydroxyl groups is 2. The molecular weight excluding hydrogens is 407 g/mol. The Hall–Kier alpha value is -2.57. The number of aliphatic hydroxyl groups excluding tert-OH is 2. The van der Waals surface area contributed by atoms with E-state index in [1.807, 2.05) is 18.2 Å². The van der Waals surface area contributed by atoms with Crippen LogP contribution in [0.2, 0.25) is 0 Å². The Bertz CT molecular complexity index is 764. The van der Waals surface area contributed by atoms with Gasteiger partial charge < -0.3 is 20.6 Å². The zero-order valence-corrected chi connectivity index (χ0v) is 16.0. The van der Waals surface area contributed by atoms with Gasteiger partial charge >= 0.3 is 12.1 Å². The van der Waals surface area contributed by atoms with Crippen molar-refractivity contribution in [1.82, 2.24) is 25.9 Å². The van der Waals surface area contributed by atoms with Crippen molar-refractivity contribution in [1.29, 1.82) is 0 Å². The molecule has 1 fully saturated rings. The molecule has 5 N–H and O–H groups in total. The average molecular weight is 431 g/mol.